The molecule has 0 aromatic carbocycles. The van der Waals surface area contributed by atoms with Crippen LogP contribution in [0.2, 0.25) is 0 Å². The van der Waals surface area contributed by atoms with E-state index in [2.05, 4.69) is 27.4 Å². The van der Waals surface area contributed by atoms with E-state index in [1.54, 1.807) is 0 Å². The first-order chi connectivity index (χ1) is 8.76. The van der Waals surface area contributed by atoms with Crippen molar-refractivity contribution in [1.82, 2.24) is 25.4 Å². The molecule has 6 heteroatoms. The molecule has 2 N–H and O–H groups in total. The van der Waals surface area contributed by atoms with E-state index in [9.17, 15) is 4.79 Å². The number of nitrogens with zero attached hydrogens (tertiary/aromatic N) is 3. The van der Waals surface area contributed by atoms with Crippen molar-refractivity contribution >= 4 is 5.91 Å². The molecule has 2 heterocycles. The quantitative estimate of drug-likeness (QED) is 0.803. The first-order valence-corrected chi connectivity index (χ1v) is 6.69. The summed E-state index contributed by atoms with van der Waals surface area (Å²) in [5.41, 5.74) is 0. The van der Waals surface area contributed by atoms with E-state index in [1.165, 1.54) is 0 Å². The van der Waals surface area contributed by atoms with Gasteiger partial charge in [-0.25, -0.2) is 4.98 Å². The van der Waals surface area contributed by atoms with Crippen molar-refractivity contribution in [2.45, 2.75) is 39.2 Å². The monoisotopic (exact) mass is 251 g/mol. The van der Waals surface area contributed by atoms with Gasteiger partial charge in [0.15, 0.2) is 0 Å². The SMILES string of the molecule is CCCN(C(=O)c1n[nH]c(CC)n1)C1CCNC1. The number of aryl methyl sites for hydroxylation is 1. The second kappa shape index (κ2) is 5.95. The average molecular weight is 251 g/mol. The maximum atomic E-state index is 12.4. The molecule has 0 radical (unpaired) electrons. The molecule has 1 aromatic heterocycles. The van der Waals surface area contributed by atoms with Crippen molar-refractivity contribution in [2.75, 3.05) is 19.6 Å². The topological polar surface area (TPSA) is 73.9 Å². The molecule has 0 aliphatic carbocycles. The van der Waals surface area contributed by atoms with Crippen molar-refractivity contribution in [3.63, 3.8) is 0 Å². The molecule has 1 fully saturated rings. The Labute approximate surface area is 107 Å². The van der Waals surface area contributed by atoms with Crippen LogP contribution >= 0.6 is 0 Å². The minimum absolute atomic E-state index is 0.0542. The predicted octanol–water partition coefficient (Wildman–Crippen LogP) is 0.581. The zero-order valence-electron chi connectivity index (χ0n) is 11.1. The minimum atomic E-state index is -0.0542. The van der Waals surface area contributed by atoms with Crippen molar-refractivity contribution in [3.8, 4) is 0 Å². The summed E-state index contributed by atoms with van der Waals surface area (Å²) in [6.07, 6.45) is 2.73. The molecular formula is C12H21N5O. The van der Waals surface area contributed by atoms with Crippen molar-refractivity contribution in [2.24, 2.45) is 0 Å². The normalized spacial score (nSPS) is 19.1. The van der Waals surface area contributed by atoms with Gasteiger partial charge in [0, 0.05) is 25.6 Å². The first kappa shape index (κ1) is 13.0. The molecule has 1 aliphatic rings. The van der Waals surface area contributed by atoms with Gasteiger partial charge in [0.25, 0.3) is 5.91 Å². The summed E-state index contributed by atoms with van der Waals surface area (Å²) in [6, 6.07) is 0.279. The van der Waals surface area contributed by atoms with Crippen molar-refractivity contribution in [3.05, 3.63) is 11.6 Å². The Morgan fingerprint density at radius 1 is 1.50 bits per heavy atom. The molecule has 100 valence electrons. The van der Waals surface area contributed by atoms with Crippen molar-refractivity contribution < 1.29 is 4.79 Å². The number of hydrogen-bond acceptors (Lipinski definition) is 4. The Bertz CT molecular complexity index is 397. The number of carbonyl (C=O) groups excluding carboxylic acids is 1. The summed E-state index contributed by atoms with van der Waals surface area (Å²) in [5.74, 6) is 1.01. The average Bonchev–Trinajstić information content (AvgIpc) is 3.05. The lowest BCUT2D eigenvalue weighted by molar-refractivity contribution is 0.0680. The van der Waals surface area contributed by atoms with Gasteiger partial charge < -0.3 is 10.2 Å². The molecule has 0 spiro atoms. The number of H-pyrrole nitrogens is 1. The van der Waals surface area contributed by atoms with E-state index < -0.39 is 0 Å². The molecule has 1 unspecified atom stereocenters. The molecule has 1 aliphatic heterocycles. The maximum Gasteiger partial charge on any atom is 0.293 e. The van der Waals surface area contributed by atoms with Crippen LogP contribution in [-0.4, -0.2) is 51.7 Å². The highest BCUT2D eigenvalue weighted by Crippen LogP contribution is 2.12. The third-order valence-corrected chi connectivity index (χ3v) is 3.26. The molecule has 1 amide bonds. The highest BCUT2D eigenvalue weighted by atomic mass is 16.2. The Balaban J connectivity index is 2.11. The second-order valence-electron chi connectivity index (χ2n) is 4.60. The van der Waals surface area contributed by atoms with Crippen LogP contribution in [0.25, 0.3) is 0 Å². The van der Waals surface area contributed by atoms with Gasteiger partial charge in [-0.15, -0.1) is 5.10 Å². The molecule has 0 bridgehead atoms. The molecule has 0 saturated carbocycles. The summed E-state index contributed by atoms with van der Waals surface area (Å²) in [5, 5.41) is 10.1. The van der Waals surface area contributed by atoms with Gasteiger partial charge >= 0.3 is 0 Å². The lowest BCUT2D eigenvalue weighted by Crippen LogP contribution is -2.42. The summed E-state index contributed by atoms with van der Waals surface area (Å²) >= 11 is 0. The van der Waals surface area contributed by atoms with E-state index >= 15 is 0 Å². The van der Waals surface area contributed by atoms with Crippen LogP contribution in [0.1, 0.15) is 43.1 Å². The van der Waals surface area contributed by atoms with Gasteiger partial charge in [-0.05, 0) is 19.4 Å². The van der Waals surface area contributed by atoms with Crippen LogP contribution in [0.15, 0.2) is 0 Å². The molecular weight excluding hydrogens is 230 g/mol. The highest BCUT2D eigenvalue weighted by molar-refractivity contribution is 5.90. The zero-order chi connectivity index (χ0) is 13.0. The number of hydrogen-bond donors (Lipinski definition) is 2. The van der Waals surface area contributed by atoms with Crippen LogP contribution in [-0.2, 0) is 6.42 Å². The fourth-order valence-corrected chi connectivity index (χ4v) is 2.27. The van der Waals surface area contributed by atoms with E-state index in [-0.39, 0.29) is 11.9 Å². The Morgan fingerprint density at radius 3 is 2.89 bits per heavy atom. The second-order valence-corrected chi connectivity index (χ2v) is 4.60. The van der Waals surface area contributed by atoms with Crippen LogP contribution in [0.3, 0.4) is 0 Å². The van der Waals surface area contributed by atoms with Crippen LogP contribution in [0.5, 0.6) is 0 Å². The molecule has 2 rings (SSSR count). The summed E-state index contributed by atoms with van der Waals surface area (Å²) in [6.45, 7) is 6.68. The van der Waals surface area contributed by atoms with E-state index in [0.717, 1.165) is 44.7 Å². The van der Waals surface area contributed by atoms with Gasteiger partial charge in [-0.1, -0.05) is 13.8 Å². The minimum Gasteiger partial charge on any atom is -0.332 e. The molecule has 1 saturated heterocycles. The largest absolute Gasteiger partial charge is 0.332 e. The lowest BCUT2D eigenvalue weighted by Gasteiger charge is -2.26. The van der Waals surface area contributed by atoms with Crippen LogP contribution < -0.4 is 5.32 Å². The summed E-state index contributed by atoms with van der Waals surface area (Å²) in [4.78, 5) is 18.5. The van der Waals surface area contributed by atoms with Crippen LogP contribution in [0, 0.1) is 0 Å². The molecule has 1 atom stereocenters. The number of aromatic nitrogens is 3. The Morgan fingerprint density at radius 2 is 2.33 bits per heavy atom. The van der Waals surface area contributed by atoms with E-state index in [0.29, 0.717) is 5.82 Å². The van der Waals surface area contributed by atoms with E-state index in [4.69, 9.17) is 0 Å². The summed E-state index contributed by atoms with van der Waals surface area (Å²) < 4.78 is 0. The maximum absolute atomic E-state index is 12.4. The third-order valence-electron chi connectivity index (χ3n) is 3.26. The molecule has 6 nitrogen and oxygen atoms in total. The standard InChI is InChI=1S/C12H21N5O/c1-3-7-17(9-5-6-13-8-9)12(18)11-14-10(4-2)15-16-11/h9,13H,3-8H2,1-2H3,(H,14,15,16). The predicted molar refractivity (Wildman–Crippen MR) is 68.4 cm³/mol. The lowest BCUT2D eigenvalue weighted by atomic mass is 10.2. The summed E-state index contributed by atoms with van der Waals surface area (Å²) in [7, 11) is 0. The van der Waals surface area contributed by atoms with Crippen LogP contribution in [0.4, 0.5) is 0 Å². The fourth-order valence-electron chi connectivity index (χ4n) is 2.27. The van der Waals surface area contributed by atoms with Gasteiger partial charge in [-0.3, -0.25) is 9.89 Å². The Hall–Kier alpha value is -1.43. The zero-order valence-corrected chi connectivity index (χ0v) is 11.1. The number of nitrogens with one attached hydrogen (secondary N) is 2. The van der Waals surface area contributed by atoms with Gasteiger partial charge in [0.2, 0.25) is 5.82 Å². The highest BCUT2D eigenvalue weighted by Gasteiger charge is 2.28. The first-order valence-electron chi connectivity index (χ1n) is 6.69. The third kappa shape index (κ3) is 2.69. The fraction of sp³-hybridized carbons (Fsp3) is 0.750. The number of aromatic amines is 1. The van der Waals surface area contributed by atoms with E-state index in [1.807, 2.05) is 11.8 Å². The molecule has 18 heavy (non-hydrogen) atoms. The molecule has 1 aromatic rings. The van der Waals surface area contributed by atoms with Gasteiger partial charge in [0.05, 0.1) is 0 Å². The Kier molecular flexibility index (Phi) is 4.30. The van der Waals surface area contributed by atoms with Gasteiger partial charge in [0.1, 0.15) is 5.82 Å². The van der Waals surface area contributed by atoms with Crippen molar-refractivity contribution in [1.29, 1.82) is 0 Å². The smallest absolute Gasteiger partial charge is 0.293 e. The number of rotatable bonds is 5. The number of amides is 1. The number of carbonyl (C=O) groups is 1. The van der Waals surface area contributed by atoms with Gasteiger partial charge in [-0.2, -0.15) is 0 Å².